The highest BCUT2D eigenvalue weighted by Crippen LogP contribution is 2.27. The molecule has 0 bridgehead atoms. The SMILES string of the molecule is CCCCCCCc1c(CC(CC)CCCC)ccc(C(=O)[O-])c1C(=O)[O-]. The maximum Gasteiger partial charge on any atom is 0.0724 e. The number of rotatable bonds is 14. The zero-order valence-corrected chi connectivity index (χ0v) is 17.1. The molecule has 0 spiro atoms. The van der Waals surface area contributed by atoms with E-state index in [4.69, 9.17) is 0 Å². The number of hydrogen-bond donors (Lipinski definition) is 0. The molecule has 0 heterocycles. The molecule has 0 saturated heterocycles. The molecular formula is C23H34O4-2. The number of carbonyl (C=O) groups excluding carboxylic acids is 2. The fourth-order valence-corrected chi connectivity index (χ4v) is 3.73. The van der Waals surface area contributed by atoms with Crippen molar-refractivity contribution in [2.24, 2.45) is 5.92 Å². The van der Waals surface area contributed by atoms with Crippen LogP contribution in [0.1, 0.15) is 110 Å². The largest absolute Gasteiger partial charge is 0.545 e. The van der Waals surface area contributed by atoms with Crippen LogP contribution in [0.15, 0.2) is 12.1 Å². The second kappa shape index (κ2) is 12.5. The van der Waals surface area contributed by atoms with Crippen LogP contribution >= 0.6 is 0 Å². The third-order valence-electron chi connectivity index (χ3n) is 5.42. The van der Waals surface area contributed by atoms with Crippen LogP contribution in [0.2, 0.25) is 0 Å². The van der Waals surface area contributed by atoms with E-state index >= 15 is 0 Å². The molecule has 4 heteroatoms. The molecule has 1 unspecified atom stereocenters. The lowest BCUT2D eigenvalue weighted by Crippen LogP contribution is -2.32. The Kier molecular flexibility index (Phi) is 10.8. The maximum absolute atomic E-state index is 11.8. The van der Waals surface area contributed by atoms with Gasteiger partial charge in [0.25, 0.3) is 0 Å². The molecule has 0 saturated carbocycles. The van der Waals surface area contributed by atoms with E-state index in [1.54, 1.807) is 6.07 Å². The second-order valence-electron chi connectivity index (χ2n) is 7.49. The van der Waals surface area contributed by atoms with E-state index in [2.05, 4.69) is 20.8 Å². The molecule has 1 rings (SSSR count). The van der Waals surface area contributed by atoms with Gasteiger partial charge >= 0.3 is 0 Å². The first kappa shape index (κ1) is 23.2. The molecule has 4 nitrogen and oxygen atoms in total. The van der Waals surface area contributed by atoms with E-state index in [9.17, 15) is 19.8 Å². The van der Waals surface area contributed by atoms with Gasteiger partial charge in [-0.15, -0.1) is 0 Å². The molecule has 1 atom stereocenters. The minimum absolute atomic E-state index is 0.173. The van der Waals surface area contributed by atoms with Gasteiger partial charge in [0.15, 0.2) is 0 Å². The van der Waals surface area contributed by atoms with E-state index in [-0.39, 0.29) is 11.1 Å². The van der Waals surface area contributed by atoms with Crippen LogP contribution in [0.5, 0.6) is 0 Å². The van der Waals surface area contributed by atoms with E-state index in [0.29, 0.717) is 17.9 Å². The third kappa shape index (κ3) is 7.36. The van der Waals surface area contributed by atoms with Crippen LogP contribution < -0.4 is 10.2 Å². The topological polar surface area (TPSA) is 80.3 Å². The Bertz CT molecular complexity index is 607. The molecule has 0 N–H and O–H groups in total. The quantitative estimate of drug-likeness (QED) is 0.465. The van der Waals surface area contributed by atoms with Crippen LogP contribution in [-0.4, -0.2) is 11.9 Å². The van der Waals surface area contributed by atoms with Crippen molar-refractivity contribution in [1.29, 1.82) is 0 Å². The van der Waals surface area contributed by atoms with Crippen molar-refractivity contribution >= 4 is 11.9 Å². The van der Waals surface area contributed by atoms with Gasteiger partial charge in [-0.25, -0.2) is 0 Å². The normalized spacial score (nSPS) is 12.1. The highest BCUT2D eigenvalue weighted by atomic mass is 16.4. The van der Waals surface area contributed by atoms with E-state index in [1.807, 2.05) is 0 Å². The van der Waals surface area contributed by atoms with E-state index in [0.717, 1.165) is 69.8 Å². The Morgan fingerprint density at radius 3 is 2.11 bits per heavy atom. The average Bonchev–Trinajstić information content (AvgIpc) is 2.64. The van der Waals surface area contributed by atoms with E-state index in [1.165, 1.54) is 6.07 Å². The zero-order valence-electron chi connectivity index (χ0n) is 17.1. The summed E-state index contributed by atoms with van der Waals surface area (Å²) in [6.45, 7) is 6.47. The number of carboxylic acid groups (broad SMARTS) is 2. The fraction of sp³-hybridized carbons (Fsp3) is 0.652. The van der Waals surface area contributed by atoms with Crippen molar-refractivity contribution in [3.8, 4) is 0 Å². The predicted molar refractivity (Wildman–Crippen MR) is 105 cm³/mol. The van der Waals surface area contributed by atoms with Gasteiger partial charge in [-0.05, 0) is 36.3 Å². The Balaban J connectivity index is 3.16. The Hall–Kier alpha value is -1.84. The van der Waals surface area contributed by atoms with Gasteiger partial charge < -0.3 is 19.8 Å². The van der Waals surface area contributed by atoms with Gasteiger partial charge in [0.1, 0.15) is 0 Å². The molecule has 0 aromatic heterocycles. The van der Waals surface area contributed by atoms with Crippen LogP contribution in [0.25, 0.3) is 0 Å². The minimum Gasteiger partial charge on any atom is -0.545 e. The summed E-state index contributed by atoms with van der Waals surface area (Å²) in [4.78, 5) is 23.2. The molecule has 0 fully saturated rings. The van der Waals surface area contributed by atoms with E-state index < -0.39 is 11.9 Å². The predicted octanol–water partition coefficient (Wildman–Crippen LogP) is 3.69. The Morgan fingerprint density at radius 2 is 1.56 bits per heavy atom. The van der Waals surface area contributed by atoms with Crippen molar-refractivity contribution in [3.05, 3.63) is 34.4 Å². The third-order valence-corrected chi connectivity index (χ3v) is 5.42. The molecule has 27 heavy (non-hydrogen) atoms. The van der Waals surface area contributed by atoms with Crippen molar-refractivity contribution in [1.82, 2.24) is 0 Å². The molecule has 0 aliphatic rings. The smallest absolute Gasteiger partial charge is 0.0724 e. The Morgan fingerprint density at radius 1 is 0.889 bits per heavy atom. The van der Waals surface area contributed by atoms with Crippen molar-refractivity contribution in [2.75, 3.05) is 0 Å². The van der Waals surface area contributed by atoms with Gasteiger partial charge in [-0.3, -0.25) is 0 Å². The number of unbranched alkanes of at least 4 members (excludes halogenated alkanes) is 5. The maximum atomic E-state index is 11.8. The standard InChI is InChI=1S/C23H36O4/c1-4-7-9-10-11-13-19-18(16-17(6-3)12-8-5-2)14-15-20(22(24)25)21(19)23(26)27/h14-15,17H,4-13,16H2,1-3H3,(H,24,25)(H,26,27)/p-2. The molecule has 1 aromatic carbocycles. The number of benzene rings is 1. The lowest BCUT2D eigenvalue weighted by atomic mass is 9.85. The molecule has 1 aromatic rings. The van der Waals surface area contributed by atoms with Gasteiger partial charge in [0.05, 0.1) is 11.9 Å². The molecule has 0 radical (unpaired) electrons. The summed E-state index contributed by atoms with van der Waals surface area (Å²) in [5.41, 5.74) is 1.16. The number of carbonyl (C=O) groups is 2. The lowest BCUT2D eigenvalue weighted by Gasteiger charge is -2.23. The Labute approximate surface area is 164 Å². The molecule has 152 valence electrons. The van der Waals surface area contributed by atoms with Gasteiger partial charge in [-0.1, -0.05) is 84.3 Å². The average molecular weight is 375 g/mol. The van der Waals surface area contributed by atoms with Gasteiger partial charge in [-0.2, -0.15) is 0 Å². The van der Waals surface area contributed by atoms with Gasteiger partial charge in [0, 0.05) is 11.1 Å². The van der Waals surface area contributed by atoms with Crippen molar-refractivity contribution in [2.45, 2.75) is 91.4 Å². The van der Waals surface area contributed by atoms with Crippen LogP contribution in [0.3, 0.4) is 0 Å². The zero-order chi connectivity index (χ0) is 20.2. The van der Waals surface area contributed by atoms with Crippen LogP contribution in [-0.2, 0) is 12.8 Å². The van der Waals surface area contributed by atoms with Crippen molar-refractivity contribution in [3.63, 3.8) is 0 Å². The summed E-state index contributed by atoms with van der Waals surface area (Å²) in [7, 11) is 0. The second-order valence-corrected chi connectivity index (χ2v) is 7.49. The molecular weight excluding hydrogens is 340 g/mol. The van der Waals surface area contributed by atoms with Crippen molar-refractivity contribution < 1.29 is 19.8 Å². The minimum atomic E-state index is -1.45. The number of aromatic carboxylic acids is 2. The molecule has 0 aliphatic carbocycles. The first-order valence-corrected chi connectivity index (χ1v) is 10.5. The monoisotopic (exact) mass is 374 g/mol. The highest BCUT2D eigenvalue weighted by Gasteiger charge is 2.17. The first-order chi connectivity index (χ1) is 13.0. The molecule has 0 amide bonds. The summed E-state index contributed by atoms with van der Waals surface area (Å²) < 4.78 is 0. The summed E-state index contributed by atoms with van der Waals surface area (Å²) in [6, 6.07) is 3.16. The molecule has 0 aliphatic heterocycles. The van der Waals surface area contributed by atoms with Crippen LogP contribution in [0, 0.1) is 5.92 Å². The number of hydrogen-bond acceptors (Lipinski definition) is 4. The number of carboxylic acids is 2. The lowest BCUT2D eigenvalue weighted by molar-refractivity contribution is -0.259. The summed E-state index contributed by atoms with van der Waals surface area (Å²) >= 11 is 0. The fourth-order valence-electron chi connectivity index (χ4n) is 3.73. The summed E-state index contributed by atoms with van der Waals surface area (Å²) in [5, 5.41) is 23.2. The summed E-state index contributed by atoms with van der Waals surface area (Å²) in [6.07, 6.45) is 11.1. The highest BCUT2D eigenvalue weighted by molar-refractivity contribution is 6.01. The van der Waals surface area contributed by atoms with Crippen LogP contribution in [0.4, 0.5) is 0 Å². The summed E-state index contributed by atoms with van der Waals surface area (Å²) in [5.74, 6) is -2.39. The van der Waals surface area contributed by atoms with Gasteiger partial charge in [0.2, 0.25) is 0 Å². The first-order valence-electron chi connectivity index (χ1n) is 10.5.